The van der Waals surface area contributed by atoms with Crippen LogP contribution >= 0.6 is 0 Å². The largest absolute Gasteiger partial charge is 0.389 e. The van der Waals surface area contributed by atoms with Crippen LogP contribution in [0.15, 0.2) is 24.3 Å². The van der Waals surface area contributed by atoms with Gasteiger partial charge in [0.15, 0.2) is 0 Å². The van der Waals surface area contributed by atoms with Gasteiger partial charge in [-0.25, -0.2) is 0 Å². The molecule has 0 spiro atoms. The van der Waals surface area contributed by atoms with Gasteiger partial charge in [0.1, 0.15) is 5.82 Å². The molecule has 1 heterocycles. The summed E-state index contributed by atoms with van der Waals surface area (Å²) >= 11 is 0. The molecule has 124 valence electrons. The Hall–Kier alpha value is -2.25. The fraction of sp³-hybridized carbons (Fsp3) is 0.438. The van der Waals surface area contributed by atoms with Crippen LogP contribution in [0.1, 0.15) is 25.2 Å². The lowest BCUT2D eigenvalue weighted by atomic mass is 10.1. The van der Waals surface area contributed by atoms with E-state index in [0.29, 0.717) is 24.9 Å². The maximum atomic E-state index is 9.87. The second-order valence-corrected chi connectivity index (χ2v) is 6.36. The zero-order valence-electron chi connectivity index (χ0n) is 14.0. The Morgan fingerprint density at radius 3 is 2.57 bits per heavy atom. The summed E-state index contributed by atoms with van der Waals surface area (Å²) in [6, 6.07) is 7.87. The number of nitrogens with two attached hydrogens (primary N) is 1. The highest BCUT2D eigenvalue weighted by Crippen LogP contribution is 2.18. The van der Waals surface area contributed by atoms with Crippen molar-refractivity contribution in [1.82, 2.24) is 19.9 Å². The molecule has 2 aromatic rings. The van der Waals surface area contributed by atoms with Gasteiger partial charge in [-0.15, -0.1) is 0 Å². The molecule has 7 heteroatoms. The topological polar surface area (TPSA) is 100 Å². The summed E-state index contributed by atoms with van der Waals surface area (Å²) in [7, 11) is 1.90. The fourth-order valence-corrected chi connectivity index (χ4v) is 2.36. The van der Waals surface area contributed by atoms with E-state index in [4.69, 9.17) is 5.73 Å². The van der Waals surface area contributed by atoms with Crippen LogP contribution in [0.4, 0.5) is 17.6 Å². The van der Waals surface area contributed by atoms with Gasteiger partial charge in [-0.1, -0.05) is 18.2 Å². The second-order valence-electron chi connectivity index (χ2n) is 6.36. The predicted octanol–water partition coefficient (Wildman–Crippen LogP) is 1.71. The van der Waals surface area contributed by atoms with Crippen LogP contribution in [-0.2, 0) is 6.54 Å². The van der Waals surface area contributed by atoms with Crippen molar-refractivity contribution in [3.8, 4) is 0 Å². The first kappa shape index (κ1) is 17.1. The molecule has 0 saturated carbocycles. The standard InChI is InChI=1S/C16H24N6O/c1-11-7-5-6-8-12(11)18-15-20-13(19-14(17)21-15)9-22(4)10-16(2,3)23/h5-8,23H,9-10H2,1-4H3,(H3,17,18,19,20,21). The molecule has 0 amide bonds. The van der Waals surface area contributed by atoms with E-state index >= 15 is 0 Å². The number of aromatic nitrogens is 3. The van der Waals surface area contributed by atoms with Gasteiger partial charge in [0.2, 0.25) is 11.9 Å². The highest BCUT2D eigenvalue weighted by atomic mass is 16.3. The first-order valence-corrected chi connectivity index (χ1v) is 7.47. The SMILES string of the molecule is Cc1ccccc1Nc1nc(N)nc(CN(C)CC(C)(C)O)n1. The molecule has 0 bridgehead atoms. The van der Waals surface area contributed by atoms with E-state index in [0.717, 1.165) is 11.3 Å². The Labute approximate surface area is 136 Å². The molecule has 0 saturated heterocycles. The molecule has 0 fully saturated rings. The summed E-state index contributed by atoms with van der Waals surface area (Å²) < 4.78 is 0. The number of aliphatic hydroxyl groups is 1. The number of para-hydroxylation sites is 1. The molecule has 0 aliphatic rings. The number of aryl methyl sites for hydroxylation is 1. The lowest BCUT2D eigenvalue weighted by Gasteiger charge is -2.24. The molecule has 2 rings (SSSR count). The molecular formula is C16H24N6O. The van der Waals surface area contributed by atoms with Crippen LogP contribution in [0.3, 0.4) is 0 Å². The maximum Gasteiger partial charge on any atom is 0.232 e. The average Bonchev–Trinajstić information content (AvgIpc) is 2.38. The molecule has 7 nitrogen and oxygen atoms in total. The zero-order valence-corrected chi connectivity index (χ0v) is 14.0. The van der Waals surface area contributed by atoms with Crippen molar-refractivity contribution in [3.05, 3.63) is 35.7 Å². The highest BCUT2D eigenvalue weighted by molar-refractivity contribution is 5.58. The van der Waals surface area contributed by atoms with E-state index in [1.165, 1.54) is 0 Å². The first-order chi connectivity index (χ1) is 10.7. The molecule has 4 N–H and O–H groups in total. The number of rotatable bonds is 6. The number of nitrogens with zero attached hydrogens (tertiary/aromatic N) is 4. The van der Waals surface area contributed by atoms with Crippen molar-refractivity contribution in [2.45, 2.75) is 32.9 Å². The van der Waals surface area contributed by atoms with Crippen molar-refractivity contribution >= 4 is 17.6 Å². The minimum Gasteiger partial charge on any atom is -0.389 e. The van der Waals surface area contributed by atoms with Crippen molar-refractivity contribution in [2.75, 3.05) is 24.6 Å². The molecular weight excluding hydrogens is 292 g/mol. The third-order valence-corrected chi connectivity index (χ3v) is 3.16. The Morgan fingerprint density at radius 2 is 1.91 bits per heavy atom. The van der Waals surface area contributed by atoms with Gasteiger partial charge in [0.05, 0.1) is 12.1 Å². The van der Waals surface area contributed by atoms with Gasteiger partial charge in [0, 0.05) is 12.2 Å². The molecule has 0 atom stereocenters. The maximum absolute atomic E-state index is 9.87. The zero-order chi connectivity index (χ0) is 17.0. The number of benzene rings is 1. The monoisotopic (exact) mass is 316 g/mol. The Kier molecular flexibility index (Phi) is 5.12. The van der Waals surface area contributed by atoms with E-state index in [2.05, 4.69) is 20.3 Å². The molecule has 1 aromatic heterocycles. The van der Waals surface area contributed by atoms with Gasteiger partial charge in [-0.05, 0) is 39.4 Å². The van der Waals surface area contributed by atoms with Crippen molar-refractivity contribution in [1.29, 1.82) is 0 Å². The fourth-order valence-electron chi connectivity index (χ4n) is 2.36. The van der Waals surface area contributed by atoms with Gasteiger partial charge in [-0.3, -0.25) is 4.90 Å². The molecule has 1 aromatic carbocycles. The first-order valence-electron chi connectivity index (χ1n) is 7.47. The van der Waals surface area contributed by atoms with Crippen molar-refractivity contribution < 1.29 is 5.11 Å². The summed E-state index contributed by atoms with van der Waals surface area (Å²) in [6.45, 7) is 6.50. The lowest BCUT2D eigenvalue weighted by Crippen LogP contribution is -2.36. The molecule has 0 aliphatic heterocycles. The van der Waals surface area contributed by atoms with E-state index in [1.807, 2.05) is 43.1 Å². The van der Waals surface area contributed by atoms with E-state index in [1.54, 1.807) is 13.8 Å². The average molecular weight is 316 g/mol. The van der Waals surface area contributed by atoms with Crippen LogP contribution in [0.2, 0.25) is 0 Å². The second kappa shape index (κ2) is 6.89. The summed E-state index contributed by atoms with van der Waals surface area (Å²) in [4.78, 5) is 14.6. The van der Waals surface area contributed by atoms with Crippen LogP contribution in [0, 0.1) is 6.92 Å². The van der Waals surface area contributed by atoms with Crippen molar-refractivity contribution in [3.63, 3.8) is 0 Å². The number of anilines is 3. The summed E-state index contributed by atoms with van der Waals surface area (Å²) in [5, 5.41) is 13.0. The molecule has 0 unspecified atom stereocenters. The van der Waals surface area contributed by atoms with Gasteiger partial charge in [0.25, 0.3) is 0 Å². The smallest absolute Gasteiger partial charge is 0.232 e. The third kappa shape index (κ3) is 5.46. The number of hydrogen-bond donors (Lipinski definition) is 3. The molecule has 0 radical (unpaired) electrons. The van der Waals surface area contributed by atoms with Crippen LogP contribution in [0.25, 0.3) is 0 Å². The summed E-state index contributed by atoms with van der Waals surface area (Å²) in [5.74, 6) is 1.14. The van der Waals surface area contributed by atoms with Gasteiger partial charge >= 0.3 is 0 Å². The normalized spacial score (nSPS) is 11.7. The number of likely N-dealkylation sites (N-methyl/N-ethyl adjacent to an activating group) is 1. The Bertz CT molecular complexity index is 668. The minimum absolute atomic E-state index is 0.169. The van der Waals surface area contributed by atoms with E-state index in [9.17, 15) is 5.11 Å². The summed E-state index contributed by atoms with van der Waals surface area (Å²) in [6.07, 6.45) is 0. The molecule has 23 heavy (non-hydrogen) atoms. The molecule has 0 aliphatic carbocycles. The van der Waals surface area contributed by atoms with Gasteiger partial charge in [-0.2, -0.15) is 15.0 Å². The quantitative estimate of drug-likeness (QED) is 0.746. The Morgan fingerprint density at radius 1 is 1.22 bits per heavy atom. The van der Waals surface area contributed by atoms with Gasteiger partial charge < -0.3 is 16.2 Å². The number of nitrogens with one attached hydrogen (secondary N) is 1. The Balaban J connectivity index is 2.14. The van der Waals surface area contributed by atoms with Crippen LogP contribution in [-0.4, -0.2) is 44.2 Å². The van der Waals surface area contributed by atoms with E-state index < -0.39 is 5.60 Å². The minimum atomic E-state index is -0.782. The third-order valence-electron chi connectivity index (χ3n) is 3.16. The van der Waals surface area contributed by atoms with Crippen LogP contribution in [0.5, 0.6) is 0 Å². The van der Waals surface area contributed by atoms with Crippen molar-refractivity contribution in [2.24, 2.45) is 0 Å². The van der Waals surface area contributed by atoms with E-state index in [-0.39, 0.29) is 5.95 Å². The number of nitrogen functional groups attached to an aromatic ring is 1. The number of hydrogen-bond acceptors (Lipinski definition) is 7. The van der Waals surface area contributed by atoms with Crippen LogP contribution < -0.4 is 11.1 Å². The predicted molar refractivity (Wildman–Crippen MR) is 91.3 cm³/mol. The lowest BCUT2D eigenvalue weighted by molar-refractivity contribution is 0.0418. The highest BCUT2D eigenvalue weighted by Gasteiger charge is 2.17. The summed E-state index contributed by atoms with van der Waals surface area (Å²) in [5.41, 5.74) is 7.02.